The molecule has 2 N–H and O–H groups in total. The maximum absolute atomic E-state index is 11.3. The highest BCUT2D eigenvalue weighted by molar-refractivity contribution is 9.10. The highest BCUT2D eigenvalue weighted by Crippen LogP contribution is 2.35. The first-order valence-electron chi connectivity index (χ1n) is 4.55. The van der Waals surface area contributed by atoms with Gasteiger partial charge in [0.1, 0.15) is 5.25 Å². The van der Waals surface area contributed by atoms with Crippen LogP contribution in [0.25, 0.3) is 0 Å². The molecule has 5 heteroatoms. The Balaban J connectivity index is 2.13. The summed E-state index contributed by atoms with van der Waals surface area (Å²) in [6, 6.07) is 5.58. The number of halogens is 1. The Hall–Kier alpha value is -0.680. The Bertz CT molecular complexity index is 397. The number of hydrogen-bond acceptors (Lipinski definition) is 4. The van der Waals surface area contributed by atoms with Gasteiger partial charge in [0.05, 0.1) is 6.61 Å². The minimum Gasteiger partial charge on any atom is -0.465 e. The van der Waals surface area contributed by atoms with E-state index in [1.807, 2.05) is 18.2 Å². The molecule has 0 bridgehead atoms. The molecule has 1 unspecified atom stereocenters. The minimum absolute atomic E-state index is 0.0788. The molecule has 3 nitrogen and oxygen atoms in total. The summed E-state index contributed by atoms with van der Waals surface area (Å²) in [6.07, 6.45) is 0.778. The molecule has 0 radical (unpaired) electrons. The largest absolute Gasteiger partial charge is 0.465 e. The zero-order valence-electron chi connectivity index (χ0n) is 7.90. The van der Waals surface area contributed by atoms with Crippen molar-refractivity contribution in [3.63, 3.8) is 0 Å². The molecule has 1 heterocycles. The molecule has 1 atom stereocenters. The van der Waals surface area contributed by atoms with Crippen LogP contribution in [0.2, 0.25) is 0 Å². The van der Waals surface area contributed by atoms with Crippen molar-refractivity contribution in [2.75, 3.05) is 12.3 Å². The van der Waals surface area contributed by atoms with E-state index < -0.39 is 0 Å². The van der Waals surface area contributed by atoms with Crippen molar-refractivity contribution in [1.82, 2.24) is 0 Å². The van der Waals surface area contributed by atoms with Gasteiger partial charge >= 0.3 is 5.97 Å². The van der Waals surface area contributed by atoms with Gasteiger partial charge in [-0.2, -0.15) is 0 Å². The normalized spacial score (nSPS) is 20.3. The molecule has 1 aromatic carbocycles. The Morgan fingerprint density at radius 1 is 1.53 bits per heavy atom. The lowest BCUT2D eigenvalue weighted by molar-refractivity contribution is -0.137. The lowest BCUT2D eigenvalue weighted by atomic mass is 10.3. The van der Waals surface area contributed by atoms with E-state index in [9.17, 15) is 4.79 Å². The fourth-order valence-corrected chi connectivity index (χ4v) is 3.03. The van der Waals surface area contributed by atoms with Gasteiger partial charge in [0.15, 0.2) is 0 Å². The van der Waals surface area contributed by atoms with E-state index in [1.165, 1.54) is 11.8 Å². The molecular formula is C10H10BrNO2S. The van der Waals surface area contributed by atoms with Gasteiger partial charge < -0.3 is 10.5 Å². The Kier molecular flexibility index (Phi) is 3.21. The lowest BCUT2D eigenvalue weighted by Gasteiger charge is -2.07. The smallest absolute Gasteiger partial charge is 0.319 e. The minimum atomic E-state index is -0.122. The maximum atomic E-state index is 11.3. The summed E-state index contributed by atoms with van der Waals surface area (Å²) in [4.78, 5) is 12.3. The quantitative estimate of drug-likeness (QED) is 0.671. The highest BCUT2D eigenvalue weighted by atomic mass is 79.9. The standard InChI is InChI=1S/C10H10BrNO2S/c11-7-5-6(12)1-2-8(7)15-9-3-4-14-10(9)13/h1-2,5,9H,3-4,12H2. The van der Waals surface area contributed by atoms with Crippen LogP contribution in [0.15, 0.2) is 27.6 Å². The summed E-state index contributed by atoms with van der Waals surface area (Å²) in [5.74, 6) is -0.122. The summed E-state index contributed by atoms with van der Waals surface area (Å²) in [6.45, 7) is 0.531. The second-order valence-electron chi connectivity index (χ2n) is 3.25. The molecule has 0 saturated carbocycles. The van der Waals surface area contributed by atoms with Crippen LogP contribution < -0.4 is 5.73 Å². The lowest BCUT2D eigenvalue weighted by Crippen LogP contribution is -2.09. The van der Waals surface area contributed by atoms with Crippen molar-refractivity contribution in [3.05, 3.63) is 22.7 Å². The zero-order chi connectivity index (χ0) is 10.8. The predicted molar refractivity (Wildman–Crippen MR) is 63.8 cm³/mol. The van der Waals surface area contributed by atoms with Crippen LogP contribution in [0.5, 0.6) is 0 Å². The number of benzene rings is 1. The van der Waals surface area contributed by atoms with Gasteiger partial charge in [0.2, 0.25) is 0 Å². The number of rotatable bonds is 2. The van der Waals surface area contributed by atoms with Gasteiger partial charge in [-0.1, -0.05) is 0 Å². The summed E-state index contributed by atoms with van der Waals surface area (Å²) in [5, 5.41) is -0.0788. The van der Waals surface area contributed by atoms with Crippen molar-refractivity contribution in [3.8, 4) is 0 Å². The van der Waals surface area contributed by atoms with Crippen molar-refractivity contribution >= 4 is 39.3 Å². The van der Waals surface area contributed by atoms with Crippen LogP contribution in [0.3, 0.4) is 0 Å². The molecule has 0 aromatic heterocycles. The van der Waals surface area contributed by atoms with Crippen molar-refractivity contribution in [2.45, 2.75) is 16.6 Å². The van der Waals surface area contributed by atoms with Crippen LogP contribution in [0.1, 0.15) is 6.42 Å². The van der Waals surface area contributed by atoms with E-state index >= 15 is 0 Å². The van der Waals surface area contributed by atoms with Gasteiger partial charge in [0.25, 0.3) is 0 Å². The first kappa shape index (κ1) is 10.8. The second kappa shape index (κ2) is 4.45. The Morgan fingerprint density at radius 3 is 2.93 bits per heavy atom. The first-order valence-corrected chi connectivity index (χ1v) is 6.22. The molecule has 15 heavy (non-hydrogen) atoms. The van der Waals surface area contributed by atoms with E-state index in [1.54, 1.807) is 0 Å². The fourth-order valence-electron chi connectivity index (χ4n) is 1.35. The molecule has 1 saturated heterocycles. The summed E-state index contributed by atoms with van der Waals surface area (Å²) in [5.41, 5.74) is 6.34. The number of carbonyl (C=O) groups is 1. The average Bonchev–Trinajstić information content (AvgIpc) is 2.57. The van der Waals surface area contributed by atoms with Crippen molar-refractivity contribution in [1.29, 1.82) is 0 Å². The summed E-state index contributed by atoms with van der Waals surface area (Å²) < 4.78 is 5.82. The maximum Gasteiger partial charge on any atom is 0.319 e. The number of carbonyl (C=O) groups excluding carboxylic acids is 1. The van der Waals surface area contributed by atoms with Gasteiger partial charge in [-0.3, -0.25) is 4.79 Å². The Labute approximate surface area is 100 Å². The predicted octanol–water partition coefficient (Wildman–Crippen LogP) is 2.44. The van der Waals surface area contributed by atoms with Crippen LogP contribution in [-0.4, -0.2) is 17.8 Å². The van der Waals surface area contributed by atoms with Crippen molar-refractivity contribution in [2.24, 2.45) is 0 Å². The Morgan fingerprint density at radius 2 is 2.33 bits per heavy atom. The van der Waals surface area contributed by atoms with Crippen LogP contribution >= 0.6 is 27.7 Å². The van der Waals surface area contributed by atoms with Gasteiger partial charge in [0, 0.05) is 21.5 Å². The molecule has 0 spiro atoms. The summed E-state index contributed by atoms with van der Waals surface area (Å²) in [7, 11) is 0. The SMILES string of the molecule is Nc1ccc(SC2CCOC2=O)c(Br)c1. The number of nitrogen functional groups attached to an aromatic ring is 1. The highest BCUT2D eigenvalue weighted by Gasteiger charge is 2.27. The van der Waals surface area contributed by atoms with Gasteiger partial charge in [-0.05, 0) is 34.1 Å². The number of nitrogens with two attached hydrogens (primary N) is 1. The van der Waals surface area contributed by atoms with Crippen LogP contribution in [-0.2, 0) is 9.53 Å². The van der Waals surface area contributed by atoms with E-state index in [4.69, 9.17) is 10.5 Å². The average molecular weight is 288 g/mol. The number of thioether (sulfide) groups is 1. The number of ether oxygens (including phenoxy) is 1. The number of hydrogen-bond donors (Lipinski definition) is 1. The van der Waals surface area contributed by atoms with Crippen molar-refractivity contribution < 1.29 is 9.53 Å². The third-order valence-electron chi connectivity index (χ3n) is 2.11. The molecule has 1 aromatic rings. The molecule has 2 rings (SSSR count). The summed E-state index contributed by atoms with van der Waals surface area (Å²) >= 11 is 4.94. The molecule has 1 aliphatic heterocycles. The van der Waals surface area contributed by atoms with E-state index in [2.05, 4.69) is 15.9 Å². The third kappa shape index (κ3) is 2.46. The van der Waals surface area contributed by atoms with Crippen LogP contribution in [0, 0.1) is 0 Å². The van der Waals surface area contributed by atoms with E-state index in [-0.39, 0.29) is 11.2 Å². The number of esters is 1. The van der Waals surface area contributed by atoms with Crippen LogP contribution in [0.4, 0.5) is 5.69 Å². The van der Waals surface area contributed by atoms with Gasteiger partial charge in [-0.25, -0.2) is 0 Å². The fraction of sp³-hybridized carbons (Fsp3) is 0.300. The first-order chi connectivity index (χ1) is 7.16. The zero-order valence-corrected chi connectivity index (χ0v) is 10.3. The molecular weight excluding hydrogens is 278 g/mol. The number of anilines is 1. The molecule has 0 amide bonds. The number of cyclic esters (lactones) is 1. The molecule has 1 aliphatic rings. The monoisotopic (exact) mass is 287 g/mol. The van der Waals surface area contributed by atoms with E-state index in [0.717, 1.165) is 15.8 Å². The van der Waals surface area contributed by atoms with Gasteiger partial charge in [-0.15, -0.1) is 11.8 Å². The third-order valence-corrected chi connectivity index (χ3v) is 4.35. The second-order valence-corrected chi connectivity index (χ2v) is 5.35. The van der Waals surface area contributed by atoms with E-state index in [0.29, 0.717) is 12.3 Å². The molecule has 80 valence electrons. The molecule has 1 fully saturated rings. The molecule has 0 aliphatic carbocycles. The topological polar surface area (TPSA) is 52.3 Å².